The van der Waals surface area contributed by atoms with Crippen molar-refractivity contribution in [1.82, 2.24) is 0 Å². The summed E-state index contributed by atoms with van der Waals surface area (Å²) in [6, 6.07) is 0. The van der Waals surface area contributed by atoms with Crippen LogP contribution >= 0.6 is 0 Å². The number of aliphatic hydroxyl groups is 2. The Kier molecular flexibility index (Phi) is 9.49. The minimum atomic E-state index is -0.508. The van der Waals surface area contributed by atoms with Crippen LogP contribution in [0.3, 0.4) is 0 Å². The average molecular weight is 421 g/mol. The molecule has 0 spiro atoms. The zero-order valence-corrected chi connectivity index (χ0v) is 20.6. The van der Waals surface area contributed by atoms with E-state index >= 15 is 0 Å². The zero-order chi connectivity index (χ0) is 22.4. The van der Waals surface area contributed by atoms with Crippen molar-refractivity contribution in [3.05, 3.63) is 23.0 Å². The van der Waals surface area contributed by atoms with Crippen molar-refractivity contribution in [2.75, 3.05) is 0 Å². The fraction of sp³-hybridized carbons (Fsp3) is 0.852. The summed E-state index contributed by atoms with van der Waals surface area (Å²) in [7, 11) is 0. The van der Waals surface area contributed by atoms with Crippen LogP contribution in [0.4, 0.5) is 0 Å². The molecule has 3 nitrogen and oxygen atoms in total. The number of rotatable bonds is 11. The lowest BCUT2D eigenvalue weighted by molar-refractivity contribution is -0.0493. The van der Waals surface area contributed by atoms with Gasteiger partial charge in [0.25, 0.3) is 0 Å². The standard InChI is InChI=1S/C27H48O3/c1-7-8-9-15-26(5,29)16-10-12-20(2)13-11-17-27(6)18-14-23-19-24(28)21(3)22(4)25(23)30-27/h13,21-22,24,28-29H,7-12,14-19H2,1-6H3/b20-13+. The van der Waals surface area contributed by atoms with E-state index in [4.69, 9.17) is 4.74 Å². The molecule has 1 aliphatic carbocycles. The van der Waals surface area contributed by atoms with Gasteiger partial charge in [-0.3, -0.25) is 0 Å². The highest BCUT2D eigenvalue weighted by atomic mass is 16.5. The molecule has 0 fully saturated rings. The summed E-state index contributed by atoms with van der Waals surface area (Å²) in [6.07, 6.45) is 14.6. The molecule has 2 N–H and O–H groups in total. The fourth-order valence-corrected chi connectivity index (χ4v) is 5.09. The van der Waals surface area contributed by atoms with Gasteiger partial charge in [-0.15, -0.1) is 0 Å². The Balaban J connectivity index is 1.77. The molecule has 2 rings (SSSR count). The van der Waals surface area contributed by atoms with Crippen molar-refractivity contribution in [3.63, 3.8) is 0 Å². The molecule has 30 heavy (non-hydrogen) atoms. The van der Waals surface area contributed by atoms with Gasteiger partial charge in [-0.1, -0.05) is 51.7 Å². The minimum Gasteiger partial charge on any atom is -0.492 e. The summed E-state index contributed by atoms with van der Waals surface area (Å²) >= 11 is 0. The van der Waals surface area contributed by atoms with E-state index in [1.54, 1.807) is 0 Å². The second-order valence-corrected chi connectivity index (χ2v) is 10.8. The zero-order valence-electron chi connectivity index (χ0n) is 20.6. The highest BCUT2D eigenvalue weighted by molar-refractivity contribution is 5.21. The second kappa shape index (κ2) is 11.2. The number of aliphatic hydroxyl groups excluding tert-OH is 1. The van der Waals surface area contributed by atoms with E-state index in [1.807, 2.05) is 6.92 Å². The minimum absolute atomic E-state index is 0.0885. The maximum Gasteiger partial charge on any atom is 0.106 e. The molecule has 3 heteroatoms. The summed E-state index contributed by atoms with van der Waals surface area (Å²) in [4.78, 5) is 0. The fourth-order valence-electron chi connectivity index (χ4n) is 5.09. The van der Waals surface area contributed by atoms with E-state index in [9.17, 15) is 10.2 Å². The van der Waals surface area contributed by atoms with E-state index in [-0.39, 0.29) is 17.6 Å². The lowest BCUT2D eigenvalue weighted by Gasteiger charge is -2.44. The summed E-state index contributed by atoms with van der Waals surface area (Å²) in [5.41, 5.74) is 2.19. The van der Waals surface area contributed by atoms with E-state index < -0.39 is 5.60 Å². The predicted octanol–water partition coefficient (Wildman–Crippen LogP) is 7.07. The van der Waals surface area contributed by atoms with Crippen molar-refractivity contribution >= 4 is 0 Å². The van der Waals surface area contributed by atoms with Crippen LogP contribution in [0.1, 0.15) is 119 Å². The topological polar surface area (TPSA) is 49.7 Å². The third-order valence-electron chi connectivity index (χ3n) is 7.70. The van der Waals surface area contributed by atoms with Crippen molar-refractivity contribution in [1.29, 1.82) is 0 Å². The van der Waals surface area contributed by atoms with Crippen molar-refractivity contribution in [2.24, 2.45) is 11.8 Å². The molecule has 0 radical (unpaired) electrons. The lowest BCUT2D eigenvalue weighted by atomic mass is 9.75. The van der Waals surface area contributed by atoms with Crippen LogP contribution in [0.25, 0.3) is 0 Å². The molecular weight excluding hydrogens is 372 g/mol. The van der Waals surface area contributed by atoms with Gasteiger partial charge >= 0.3 is 0 Å². The van der Waals surface area contributed by atoms with Gasteiger partial charge < -0.3 is 14.9 Å². The summed E-state index contributed by atoms with van der Waals surface area (Å²) in [6.45, 7) is 13.0. The van der Waals surface area contributed by atoms with Crippen LogP contribution in [0.5, 0.6) is 0 Å². The number of hydrogen-bond donors (Lipinski definition) is 2. The van der Waals surface area contributed by atoms with Gasteiger partial charge in [-0.05, 0) is 90.0 Å². The van der Waals surface area contributed by atoms with Crippen molar-refractivity contribution in [3.8, 4) is 0 Å². The molecule has 0 amide bonds. The normalized spacial score (nSPS) is 31.9. The predicted molar refractivity (Wildman–Crippen MR) is 126 cm³/mol. The molecule has 0 aromatic heterocycles. The molecule has 174 valence electrons. The van der Waals surface area contributed by atoms with Gasteiger partial charge in [0.05, 0.1) is 17.5 Å². The Bertz CT molecular complexity index is 603. The number of unbranched alkanes of at least 4 members (excludes halogenated alkanes) is 2. The average Bonchev–Trinajstić information content (AvgIpc) is 2.67. The molecule has 1 aliphatic heterocycles. The highest BCUT2D eigenvalue weighted by Gasteiger charge is 2.40. The highest BCUT2D eigenvalue weighted by Crippen LogP contribution is 2.45. The first kappa shape index (κ1) is 25.5. The van der Waals surface area contributed by atoms with Gasteiger partial charge in [-0.2, -0.15) is 0 Å². The molecule has 0 aromatic carbocycles. The van der Waals surface area contributed by atoms with Crippen LogP contribution in [0.15, 0.2) is 23.0 Å². The number of allylic oxidation sites excluding steroid dienone is 3. The first-order valence-corrected chi connectivity index (χ1v) is 12.5. The first-order valence-electron chi connectivity index (χ1n) is 12.5. The van der Waals surface area contributed by atoms with Gasteiger partial charge in [0, 0.05) is 5.92 Å². The van der Waals surface area contributed by atoms with Crippen LogP contribution in [-0.4, -0.2) is 27.5 Å². The molecule has 5 unspecified atom stereocenters. The van der Waals surface area contributed by atoms with Crippen LogP contribution in [-0.2, 0) is 4.74 Å². The smallest absolute Gasteiger partial charge is 0.106 e. The maximum absolute atomic E-state index is 10.5. The first-order chi connectivity index (χ1) is 14.1. The Hall–Kier alpha value is -0.800. The van der Waals surface area contributed by atoms with Gasteiger partial charge in [0.15, 0.2) is 0 Å². The van der Waals surface area contributed by atoms with Gasteiger partial charge in [-0.25, -0.2) is 0 Å². The third kappa shape index (κ3) is 7.41. The summed E-state index contributed by atoms with van der Waals surface area (Å²) < 4.78 is 6.57. The van der Waals surface area contributed by atoms with E-state index in [0.717, 1.165) is 64.2 Å². The van der Waals surface area contributed by atoms with Gasteiger partial charge in [0.1, 0.15) is 5.60 Å². The summed E-state index contributed by atoms with van der Waals surface area (Å²) in [5, 5.41) is 20.8. The Morgan fingerprint density at radius 1 is 1.23 bits per heavy atom. The Morgan fingerprint density at radius 3 is 2.63 bits per heavy atom. The van der Waals surface area contributed by atoms with Crippen molar-refractivity contribution < 1.29 is 14.9 Å². The summed E-state index contributed by atoms with van der Waals surface area (Å²) in [5.74, 6) is 1.76. The largest absolute Gasteiger partial charge is 0.492 e. The van der Waals surface area contributed by atoms with Gasteiger partial charge in [0.2, 0.25) is 0 Å². The van der Waals surface area contributed by atoms with E-state index in [2.05, 4.69) is 40.7 Å². The Morgan fingerprint density at radius 2 is 1.93 bits per heavy atom. The molecule has 0 saturated carbocycles. The van der Waals surface area contributed by atoms with Crippen LogP contribution < -0.4 is 0 Å². The SMILES string of the molecule is CCCCCC(C)(O)CCC/C(C)=C/CCC1(C)CCC2=C(O1)C(C)C(C)C(O)C2. The molecule has 2 aliphatic rings. The van der Waals surface area contributed by atoms with E-state index in [0.29, 0.717) is 5.92 Å². The molecule has 0 bridgehead atoms. The third-order valence-corrected chi connectivity index (χ3v) is 7.70. The van der Waals surface area contributed by atoms with Crippen molar-refractivity contribution in [2.45, 2.75) is 136 Å². The molecular formula is C27H48O3. The van der Waals surface area contributed by atoms with Crippen LogP contribution in [0.2, 0.25) is 0 Å². The molecule has 0 saturated heterocycles. The maximum atomic E-state index is 10.5. The lowest BCUT2D eigenvalue weighted by Crippen LogP contribution is -2.40. The molecule has 5 atom stereocenters. The number of ether oxygens (including phenoxy) is 1. The molecule has 1 heterocycles. The quantitative estimate of drug-likeness (QED) is 0.277. The van der Waals surface area contributed by atoms with E-state index in [1.165, 1.54) is 29.7 Å². The number of hydrogen-bond acceptors (Lipinski definition) is 3. The van der Waals surface area contributed by atoms with Crippen LogP contribution in [0, 0.1) is 11.8 Å². The second-order valence-electron chi connectivity index (χ2n) is 10.8. The monoisotopic (exact) mass is 420 g/mol. The molecule has 0 aromatic rings. The Labute approximate surface area is 186 Å².